The van der Waals surface area contributed by atoms with Crippen molar-refractivity contribution in [3.63, 3.8) is 0 Å². The van der Waals surface area contributed by atoms with Gasteiger partial charge in [0, 0.05) is 26.8 Å². The Morgan fingerprint density at radius 1 is 1.17 bits per heavy atom. The minimum absolute atomic E-state index is 0.0946. The fourth-order valence-corrected chi connectivity index (χ4v) is 3.12. The summed E-state index contributed by atoms with van der Waals surface area (Å²) in [5.41, 5.74) is -0.465. The zero-order chi connectivity index (χ0) is 17.5. The number of rotatable bonds is 7. The van der Waals surface area contributed by atoms with Crippen molar-refractivity contribution >= 4 is 6.09 Å². The molecule has 136 valence electrons. The third-order valence-corrected chi connectivity index (χ3v) is 4.17. The fourth-order valence-electron chi connectivity index (χ4n) is 3.12. The second-order valence-electron chi connectivity index (χ2n) is 7.33. The molecule has 1 amide bonds. The zero-order valence-corrected chi connectivity index (χ0v) is 15.5. The van der Waals surface area contributed by atoms with Gasteiger partial charge in [-0.15, -0.1) is 0 Å². The fraction of sp³-hybridized carbons (Fsp3) is 0.941. The molecule has 3 unspecified atom stereocenters. The van der Waals surface area contributed by atoms with E-state index in [9.17, 15) is 4.79 Å². The molecule has 0 aromatic rings. The van der Waals surface area contributed by atoms with Crippen LogP contribution in [0.3, 0.4) is 0 Å². The molecule has 1 rings (SSSR count). The number of carbonyl (C=O) groups excluding carboxylic acids is 1. The third-order valence-electron chi connectivity index (χ3n) is 4.17. The van der Waals surface area contributed by atoms with E-state index in [2.05, 4.69) is 17.6 Å². The summed E-state index contributed by atoms with van der Waals surface area (Å²) in [6.45, 7) is 8.30. The standard InChI is InChI=1S/C17H34N2O4/c1-12(15(21-5)22-6)19-14-10-8-7-9-13(14)11-18-16(20)23-17(2,3)4/h12-15,19H,7-11H2,1-6H3,(H,18,20). The van der Waals surface area contributed by atoms with Gasteiger partial charge in [-0.05, 0) is 46.5 Å². The number of alkyl carbamates (subject to hydrolysis) is 1. The van der Waals surface area contributed by atoms with E-state index in [1.807, 2.05) is 20.8 Å². The van der Waals surface area contributed by atoms with E-state index in [1.54, 1.807) is 14.2 Å². The quantitative estimate of drug-likeness (QED) is 0.702. The van der Waals surface area contributed by atoms with Crippen LogP contribution in [-0.4, -0.2) is 50.8 Å². The van der Waals surface area contributed by atoms with E-state index in [4.69, 9.17) is 14.2 Å². The highest BCUT2D eigenvalue weighted by Crippen LogP contribution is 2.25. The van der Waals surface area contributed by atoms with E-state index in [-0.39, 0.29) is 18.4 Å². The normalized spacial score (nSPS) is 23.6. The van der Waals surface area contributed by atoms with E-state index < -0.39 is 5.60 Å². The predicted molar refractivity (Wildman–Crippen MR) is 90.4 cm³/mol. The van der Waals surface area contributed by atoms with Crippen LogP contribution < -0.4 is 10.6 Å². The van der Waals surface area contributed by atoms with Crippen molar-refractivity contribution in [3.8, 4) is 0 Å². The summed E-state index contributed by atoms with van der Waals surface area (Å²) in [6.07, 6.45) is 4.00. The Morgan fingerprint density at radius 2 is 1.78 bits per heavy atom. The topological polar surface area (TPSA) is 68.8 Å². The van der Waals surface area contributed by atoms with Crippen molar-refractivity contribution in [3.05, 3.63) is 0 Å². The van der Waals surface area contributed by atoms with Crippen LogP contribution in [0.1, 0.15) is 53.4 Å². The summed E-state index contributed by atoms with van der Waals surface area (Å²) >= 11 is 0. The maximum atomic E-state index is 11.8. The minimum Gasteiger partial charge on any atom is -0.444 e. The highest BCUT2D eigenvalue weighted by atomic mass is 16.7. The molecule has 2 N–H and O–H groups in total. The van der Waals surface area contributed by atoms with Crippen molar-refractivity contribution in [2.45, 2.75) is 77.4 Å². The molecule has 0 bridgehead atoms. The van der Waals surface area contributed by atoms with E-state index in [0.29, 0.717) is 18.5 Å². The number of ether oxygens (including phenoxy) is 3. The lowest BCUT2D eigenvalue weighted by Gasteiger charge is -2.36. The highest BCUT2D eigenvalue weighted by molar-refractivity contribution is 5.67. The summed E-state index contributed by atoms with van der Waals surface area (Å²) in [7, 11) is 3.30. The number of hydrogen-bond acceptors (Lipinski definition) is 5. The van der Waals surface area contributed by atoms with Gasteiger partial charge < -0.3 is 24.8 Å². The summed E-state index contributed by atoms with van der Waals surface area (Å²) in [6, 6.07) is 0.443. The molecule has 1 aliphatic rings. The number of nitrogens with one attached hydrogen (secondary N) is 2. The van der Waals surface area contributed by atoms with E-state index in [0.717, 1.165) is 12.8 Å². The molecule has 0 aromatic heterocycles. The van der Waals surface area contributed by atoms with Crippen molar-refractivity contribution in [2.24, 2.45) is 5.92 Å². The first-order valence-corrected chi connectivity index (χ1v) is 8.55. The molecule has 0 radical (unpaired) electrons. The SMILES string of the molecule is COC(OC)C(C)NC1CCCCC1CNC(=O)OC(C)(C)C. The second-order valence-corrected chi connectivity index (χ2v) is 7.33. The van der Waals surface area contributed by atoms with Crippen molar-refractivity contribution in [1.82, 2.24) is 10.6 Å². The molecule has 0 spiro atoms. The second kappa shape index (κ2) is 9.45. The van der Waals surface area contributed by atoms with Crippen LogP contribution in [0.4, 0.5) is 4.79 Å². The molecule has 0 aromatic carbocycles. The first-order valence-electron chi connectivity index (χ1n) is 8.55. The Morgan fingerprint density at radius 3 is 2.35 bits per heavy atom. The average molecular weight is 330 g/mol. The van der Waals surface area contributed by atoms with Gasteiger partial charge in [-0.25, -0.2) is 4.79 Å². The monoisotopic (exact) mass is 330 g/mol. The van der Waals surface area contributed by atoms with Crippen molar-refractivity contribution in [2.75, 3.05) is 20.8 Å². The van der Waals surface area contributed by atoms with Crippen LogP contribution in [-0.2, 0) is 14.2 Å². The van der Waals surface area contributed by atoms with Crippen molar-refractivity contribution in [1.29, 1.82) is 0 Å². The van der Waals surface area contributed by atoms with Crippen LogP contribution >= 0.6 is 0 Å². The van der Waals surface area contributed by atoms with Crippen LogP contribution in [0.2, 0.25) is 0 Å². The molecule has 1 aliphatic carbocycles. The first-order chi connectivity index (χ1) is 10.8. The summed E-state index contributed by atoms with van der Waals surface area (Å²) < 4.78 is 15.9. The number of carbonyl (C=O) groups is 1. The van der Waals surface area contributed by atoms with Gasteiger partial charge in [0.2, 0.25) is 0 Å². The Labute approximate surface area is 140 Å². The molecule has 1 fully saturated rings. The smallest absolute Gasteiger partial charge is 0.407 e. The Balaban J connectivity index is 2.49. The van der Waals surface area contributed by atoms with Gasteiger partial charge in [0.15, 0.2) is 6.29 Å². The molecular formula is C17H34N2O4. The highest BCUT2D eigenvalue weighted by Gasteiger charge is 2.29. The molecule has 0 aliphatic heterocycles. The van der Waals surface area contributed by atoms with Crippen LogP contribution in [0.15, 0.2) is 0 Å². The lowest BCUT2D eigenvalue weighted by atomic mass is 9.84. The zero-order valence-electron chi connectivity index (χ0n) is 15.5. The number of amides is 1. The third kappa shape index (κ3) is 7.50. The average Bonchev–Trinajstić information content (AvgIpc) is 2.46. The van der Waals surface area contributed by atoms with Gasteiger partial charge in [0.25, 0.3) is 0 Å². The maximum Gasteiger partial charge on any atom is 0.407 e. The van der Waals surface area contributed by atoms with Gasteiger partial charge in [0.1, 0.15) is 5.60 Å². The lowest BCUT2D eigenvalue weighted by Crippen LogP contribution is -2.51. The molecule has 1 saturated carbocycles. The largest absolute Gasteiger partial charge is 0.444 e. The molecule has 0 heterocycles. The molecular weight excluding hydrogens is 296 g/mol. The van der Waals surface area contributed by atoms with Gasteiger partial charge in [-0.1, -0.05) is 12.8 Å². The van der Waals surface area contributed by atoms with Crippen LogP contribution in [0.25, 0.3) is 0 Å². The van der Waals surface area contributed by atoms with Gasteiger partial charge in [0.05, 0.1) is 6.04 Å². The summed E-state index contributed by atoms with van der Waals surface area (Å²) in [4.78, 5) is 11.8. The van der Waals surface area contributed by atoms with E-state index >= 15 is 0 Å². The minimum atomic E-state index is -0.465. The molecule has 23 heavy (non-hydrogen) atoms. The van der Waals surface area contributed by atoms with Gasteiger partial charge >= 0.3 is 6.09 Å². The van der Waals surface area contributed by atoms with Gasteiger partial charge in [-0.2, -0.15) is 0 Å². The number of hydrogen-bond donors (Lipinski definition) is 2. The Bertz CT molecular complexity index is 353. The molecule has 0 saturated heterocycles. The van der Waals surface area contributed by atoms with Crippen LogP contribution in [0, 0.1) is 5.92 Å². The van der Waals surface area contributed by atoms with Crippen molar-refractivity contribution < 1.29 is 19.0 Å². The summed E-state index contributed by atoms with van der Waals surface area (Å²) in [5.74, 6) is 0.396. The molecule has 6 heteroatoms. The Kier molecular flexibility index (Phi) is 8.29. The van der Waals surface area contributed by atoms with Crippen LogP contribution in [0.5, 0.6) is 0 Å². The number of methoxy groups -OCH3 is 2. The lowest BCUT2D eigenvalue weighted by molar-refractivity contribution is -0.122. The Hall–Kier alpha value is -0.850. The first kappa shape index (κ1) is 20.2. The van der Waals surface area contributed by atoms with E-state index in [1.165, 1.54) is 12.8 Å². The summed E-state index contributed by atoms with van der Waals surface area (Å²) in [5, 5.41) is 6.51. The van der Waals surface area contributed by atoms with Gasteiger partial charge in [-0.3, -0.25) is 0 Å². The maximum absolute atomic E-state index is 11.8. The molecule has 3 atom stereocenters. The predicted octanol–water partition coefficient (Wildman–Crippen LogP) is 2.67. The molecule has 6 nitrogen and oxygen atoms in total.